The van der Waals surface area contributed by atoms with Crippen LogP contribution < -0.4 is 16.8 Å². The number of hydrogen-bond donors (Lipinski definition) is 3. The second-order valence-electron chi connectivity index (χ2n) is 3.42. The van der Waals surface area contributed by atoms with Crippen molar-refractivity contribution in [3.63, 3.8) is 0 Å². The SMILES string of the molecule is CC(C)(CCN)CNC(N)=O. The molecule has 0 radical (unpaired) electrons. The molecule has 0 unspecified atom stereocenters. The van der Waals surface area contributed by atoms with Crippen molar-refractivity contribution in [2.75, 3.05) is 13.1 Å². The van der Waals surface area contributed by atoms with Gasteiger partial charge in [0.1, 0.15) is 0 Å². The third-order valence-corrected chi connectivity index (χ3v) is 1.56. The molecule has 2 amide bonds. The molecule has 0 aliphatic rings. The molecular weight excluding hydrogens is 142 g/mol. The van der Waals surface area contributed by atoms with Crippen LogP contribution >= 0.6 is 0 Å². The van der Waals surface area contributed by atoms with E-state index in [9.17, 15) is 4.79 Å². The highest BCUT2D eigenvalue weighted by atomic mass is 16.2. The fourth-order valence-electron chi connectivity index (χ4n) is 0.806. The van der Waals surface area contributed by atoms with Gasteiger partial charge in [-0.2, -0.15) is 0 Å². The van der Waals surface area contributed by atoms with E-state index in [4.69, 9.17) is 11.5 Å². The van der Waals surface area contributed by atoms with Crippen molar-refractivity contribution >= 4 is 6.03 Å². The summed E-state index contributed by atoms with van der Waals surface area (Å²) in [5.41, 5.74) is 10.3. The van der Waals surface area contributed by atoms with Gasteiger partial charge in [-0.25, -0.2) is 4.79 Å². The molecule has 0 aromatic rings. The summed E-state index contributed by atoms with van der Waals surface area (Å²) in [6.07, 6.45) is 0.882. The molecule has 0 atom stereocenters. The first kappa shape index (κ1) is 10.2. The van der Waals surface area contributed by atoms with Gasteiger partial charge in [-0.1, -0.05) is 13.8 Å². The molecule has 0 aromatic carbocycles. The molecule has 66 valence electrons. The van der Waals surface area contributed by atoms with E-state index in [0.29, 0.717) is 13.1 Å². The first-order chi connectivity index (χ1) is 4.98. The Bertz CT molecular complexity index is 134. The van der Waals surface area contributed by atoms with E-state index >= 15 is 0 Å². The van der Waals surface area contributed by atoms with Gasteiger partial charge in [0.05, 0.1) is 0 Å². The molecule has 11 heavy (non-hydrogen) atoms. The third-order valence-electron chi connectivity index (χ3n) is 1.56. The van der Waals surface area contributed by atoms with E-state index in [1.807, 2.05) is 13.8 Å². The summed E-state index contributed by atoms with van der Waals surface area (Å²) >= 11 is 0. The largest absolute Gasteiger partial charge is 0.352 e. The lowest BCUT2D eigenvalue weighted by Gasteiger charge is -2.23. The highest BCUT2D eigenvalue weighted by molar-refractivity contribution is 5.71. The summed E-state index contributed by atoms with van der Waals surface area (Å²) in [6.45, 7) is 5.29. The molecule has 0 fully saturated rings. The number of nitrogens with two attached hydrogens (primary N) is 2. The number of rotatable bonds is 4. The van der Waals surface area contributed by atoms with Crippen LogP contribution in [0, 0.1) is 5.41 Å². The van der Waals surface area contributed by atoms with Gasteiger partial charge in [-0.05, 0) is 18.4 Å². The number of amides is 2. The molecule has 0 aliphatic heterocycles. The highest BCUT2D eigenvalue weighted by Crippen LogP contribution is 2.17. The fraction of sp³-hybridized carbons (Fsp3) is 0.857. The van der Waals surface area contributed by atoms with Crippen molar-refractivity contribution < 1.29 is 4.79 Å². The average molecular weight is 159 g/mol. The third kappa shape index (κ3) is 5.66. The Hall–Kier alpha value is -0.770. The molecule has 0 saturated carbocycles. The normalized spacial score (nSPS) is 11.2. The number of carbonyl (C=O) groups excluding carboxylic acids is 1. The van der Waals surface area contributed by atoms with E-state index in [2.05, 4.69) is 5.32 Å². The van der Waals surface area contributed by atoms with Crippen molar-refractivity contribution in [2.45, 2.75) is 20.3 Å². The molecule has 4 heteroatoms. The van der Waals surface area contributed by atoms with Crippen LogP contribution in [-0.4, -0.2) is 19.1 Å². The Kier molecular flexibility index (Phi) is 3.89. The fourth-order valence-corrected chi connectivity index (χ4v) is 0.806. The van der Waals surface area contributed by atoms with E-state index in [1.165, 1.54) is 0 Å². The maximum absolute atomic E-state index is 10.3. The van der Waals surface area contributed by atoms with Crippen LogP contribution in [0.25, 0.3) is 0 Å². The van der Waals surface area contributed by atoms with Crippen LogP contribution in [0.3, 0.4) is 0 Å². The zero-order valence-corrected chi connectivity index (χ0v) is 7.18. The maximum atomic E-state index is 10.3. The molecule has 0 aromatic heterocycles. The summed E-state index contributed by atoms with van der Waals surface area (Å²) in [4.78, 5) is 10.3. The lowest BCUT2D eigenvalue weighted by atomic mass is 9.89. The Morgan fingerprint density at radius 1 is 1.55 bits per heavy atom. The lowest BCUT2D eigenvalue weighted by molar-refractivity contribution is 0.240. The minimum atomic E-state index is -0.477. The van der Waals surface area contributed by atoms with Gasteiger partial charge in [-0.15, -0.1) is 0 Å². The first-order valence-corrected chi connectivity index (χ1v) is 3.71. The van der Waals surface area contributed by atoms with Gasteiger partial charge in [0.2, 0.25) is 0 Å². The van der Waals surface area contributed by atoms with Crippen LogP contribution in [-0.2, 0) is 0 Å². The van der Waals surface area contributed by atoms with Crippen LogP contribution in [0.1, 0.15) is 20.3 Å². The number of urea groups is 1. The molecule has 0 heterocycles. The molecular formula is C7H17N3O. The topological polar surface area (TPSA) is 81.1 Å². The molecule has 0 rings (SSSR count). The molecule has 0 aliphatic carbocycles. The van der Waals surface area contributed by atoms with E-state index in [1.54, 1.807) is 0 Å². The quantitative estimate of drug-likeness (QED) is 0.541. The Labute approximate surface area is 67.3 Å². The van der Waals surface area contributed by atoms with E-state index in [0.717, 1.165) is 6.42 Å². The molecule has 0 bridgehead atoms. The van der Waals surface area contributed by atoms with Gasteiger partial charge in [0.15, 0.2) is 0 Å². The van der Waals surface area contributed by atoms with E-state index < -0.39 is 6.03 Å². The number of nitrogens with one attached hydrogen (secondary N) is 1. The van der Waals surface area contributed by atoms with E-state index in [-0.39, 0.29) is 5.41 Å². The zero-order valence-electron chi connectivity index (χ0n) is 7.18. The predicted octanol–water partition coefficient (Wildman–Crippen LogP) is 0.0297. The molecule has 0 spiro atoms. The van der Waals surface area contributed by atoms with Crippen molar-refractivity contribution in [1.29, 1.82) is 0 Å². The van der Waals surface area contributed by atoms with Gasteiger partial charge in [-0.3, -0.25) is 0 Å². The summed E-state index contributed by atoms with van der Waals surface area (Å²) in [6, 6.07) is -0.477. The highest BCUT2D eigenvalue weighted by Gasteiger charge is 2.16. The van der Waals surface area contributed by atoms with Crippen molar-refractivity contribution in [3.05, 3.63) is 0 Å². The van der Waals surface area contributed by atoms with Crippen LogP contribution in [0.4, 0.5) is 4.79 Å². The summed E-state index contributed by atoms with van der Waals surface area (Å²) < 4.78 is 0. The number of hydrogen-bond acceptors (Lipinski definition) is 2. The van der Waals surface area contributed by atoms with Gasteiger partial charge in [0.25, 0.3) is 0 Å². The van der Waals surface area contributed by atoms with Gasteiger partial charge < -0.3 is 16.8 Å². The van der Waals surface area contributed by atoms with Crippen LogP contribution in [0.2, 0.25) is 0 Å². The number of carbonyl (C=O) groups is 1. The average Bonchev–Trinajstić information content (AvgIpc) is 1.84. The molecule has 5 N–H and O–H groups in total. The molecule has 4 nitrogen and oxygen atoms in total. The summed E-state index contributed by atoms with van der Waals surface area (Å²) in [5.74, 6) is 0. The standard InChI is InChI=1S/C7H17N3O/c1-7(2,3-4-8)5-10-6(9)11/h3-5,8H2,1-2H3,(H3,9,10,11). The zero-order chi connectivity index (χ0) is 8.91. The summed E-state index contributed by atoms with van der Waals surface area (Å²) in [5, 5.41) is 2.55. The number of primary amides is 1. The summed E-state index contributed by atoms with van der Waals surface area (Å²) in [7, 11) is 0. The van der Waals surface area contributed by atoms with Crippen molar-refractivity contribution in [3.8, 4) is 0 Å². The second-order valence-corrected chi connectivity index (χ2v) is 3.42. The Morgan fingerprint density at radius 2 is 2.09 bits per heavy atom. The Balaban J connectivity index is 3.63. The Morgan fingerprint density at radius 3 is 2.45 bits per heavy atom. The van der Waals surface area contributed by atoms with Crippen LogP contribution in [0.5, 0.6) is 0 Å². The smallest absolute Gasteiger partial charge is 0.312 e. The first-order valence-electron chi connectivity index (χ1n) is 3.71. The monoisotopic (exact) mass is 159 g/mol. The maximum Gasteiger partial charge on any atom is 0.312 e. The second kappa shape index (κ2) is 4.18. The minimum absolute atomic E-state index is 0.0454. The van der Waals surface area contributed by atoms with Crippen molar-refractivity contribution in [2.24, 2.45) is 16.9 Å². The van der Waals surface area contributed by atoms with Gasteiger partial charge >= 0.3 is 6.03 Å². The predicted molar refractivity (Wildman–Crippen MR) is 45.0 cm³/mol. The molecule has 0 saturated heterocycles. The van der Waals surface area contributed by atoms with Crippen molar-refractivity contribution in [1.82, 2.24) is 5.32 Å². The van der Waals surface area contributed by atoms with Gasteiger partial charge in [0, 0.05) is 6.54 Å². The minimum Gasteiger partial charge on any atom is -0.352 e. The lowest BCUT2D eigenvalue weighted by Crippen LogP contribution is -2.38. The van der Waals surface area contributed by atoms with Crippen LogP contribution in [0.15, 0.2) is 0 Å².